The van der Waals surface area contributed by atoms with Gasteiger partial charge < -0.3 is 10.4 Å². The van der Waals surface area contributed by atoms with E-state index in [4.69, 9.17) is 11.6 Å². The highest BCUT2D eigenvalue weighted by Gasteiger charge is 2.30. The monoisotopic (exact) mass is 315 g/mol. The van der Waals surface area contributed by atoms with E-state index in [0.29, 0.717) is 13.0 Å². The fraction of sp³-hybridized carbons (Fsp3) is 0.533. The van der Waals surface area contributed by atoms with Crippen LogP contribution in [0.1, 0.15) is 32.3 Å². The molecule has 1 aromatic rings. The minimum atomic E-state index is -0.810. The Morgan fingerprint density at radius 1 is 1.40 bits per heavy atom. The fourth-order valence-corrected chi connectivity index (χ4v) is 3.01. The van der Waals surface area contributed by atoms with Gasteiger partial charge in [0.2, 0.25) is 0 Å². The summed E-state index contributed by atoms with van der Waals surface area (Å²) in [4.78, 5) is 11.2. The standard InChI is InChI=1S/C15H22ClNO2S/c1-3-17-15(2,14(18)19)9-4-10-20-11-12-5-7-13(16)8-6-12/h5-8,17H,3-4,9-11H2,1-2H3,(H,18,19). The van der Waals surface area contributed by atoms with Crippen molar-refractivity contribution in [2.24, 2.45) is 0 Å². The van der Waals surface area contributed by atoms with Crippen LogP contribution in [-0.4, -0.2) is 28.9 Å². The molecule has 0 bridgehead atoms. The number of carboxylic acid groups (broad SMARTS) is 1. The Labute approximate surface area is 130 Å². The number of hydrogen-bond acceptors (Lipinski definition) is 3. The molecule has 0 aliphatic rings. The number of thioether (sulfide) groups is 1. The van der Waals surface area contributed by atoms with Crippen LogP contribution in [0.2, 0.25) is 5.02 Å². The molecule has 1 atom stereocenters. The molecule has 0 aromatic heterocycles. The normalized spacial score (nSPS) is 13.9. The molecule has 0 fully saturated rings. The molecule has 20 heavy (non-hydrogen) atoms. The number of carboxylic acids is 1. The first-order chi connectivity index (χ1) is 9.48. The summed E-state index contributed by atoms with van der Waals surface area (Å²) in [5.74, 6) is 1.11. The van der Waals surface area contributed by atoms with Crippen molar-refractivity contribution in [1.82, 2.24) is 5.32 Å². The van der Waals surface area contributed by atoms with Crippen LogP contribution in [0.5, 0.6) is 0 Å². The van der Waals surface area contributed by atoms with E-state index in [1.807, 2.05) is 43.0 Å². The van der Waals surface area contributed by atoms with Gasteiger partial charge in [-0.1, -0.05) is 30.7 Å². The maximum Gasteiger partial charge on any atom is 0.323 e. The smallest absolute Gasteiger partial charge is 0.323 e. The first-order valence-electron chi connectivity index (χ1n) is 6.78. The second kappa shape index (κ2) is 8.55. The van der Waals surface area contributed by atoms with Crippen molar-refractivity contribution in [3.63, 3.8) is 0 Å². The first kappa shape index (κ1) is 17.3. The number of rotatable bonds is 9. The Morgan fingerprint density at radius 2 is 2.05 bits per heavy atom. The zero-order valence-electron chi connectivity index (χ0n) is 12.0. The molecule has 0 aliphatic heterocycles. The van der Waals surface area contributed by atoms with E-state index < -0.39 is 11.5 Å². The van der Waals surface area contributed by atoms with Crippen LogP contribution in [0, 0.1) is 0 Å². The van der Waals surface area contributed by atoms with E-state index in [0.717, 1.165) is 22.9 Å². The molecule has 0 radical (unpaired) electrons. The van der Waals surface area contributed by atoms with Crippen molar-refractivity contribution in [2.75, 3.05) is 12.3 Å². The molecule has 0 spiro atoms. The van der Waals surface area contributed by atoms with Gasteiger partial charge in [0.05, 0.1) is 0 Å². The van der Waals surface area contributed by atoms with Gasteiger partial charge in [0, 0.05) is 10.8 Å². The van der Waals surface area contributed by atoms with E-state index in [9.17, 15) is 9.90 Å². The first-order valence-corrected chi connectivity index (χ1v) is 8.32. The van der Waals surface area contributed by atoms with Gasteiger partial charge in [0.25, 0.3) is 0 Å². The van der Waals surface area contributed by atoms with Gasteiger partial charge in [0.1, 0.15) is 5.54 Å². The topological polar surface area (TPSA) is 49.3 Å². The number of benzene rings is 1. The van der Waals surface area contributed by atoms with Crippen molar-refractivity contribution in [3.8, 4) is 0 Å². The molecular weight excluding hydrogens is 294 g/mol. The number of aliphatic carboxylic acids is 1. The van der Waals surface area contributed by atoms with Crippen LogP contribution in [0.15, 0.2) is 24.3 Å². The van der Waals surface area contributed by atoms with Crippen molar-refractivity contribution >= 4 is 29.3 Å². The van der Waals surface area contributed by atoms with Crippen molar-refractivity contribution in [1.29, 1.82) is 0 Å². The second-order valence-corrected chi connectivity index (χ2v) is 6.49. The van der Waals surface area contributed by atoms with Gasteiger partial charge in [-0.15, -0.1) is 0 Å². The summed E-state index contributed by atoms with van der Waals surface area (Å²) in [6, 6.07) is 7.83. The van der Waals surface area contributed by atoms with Crippen LogP contribution in [0.25, 0.3) is 0 Å². The van der Waals surface area contributed by atoms with Crippen LogP contribution in [0.3, 0.4) is 0 Å². The third kappa shape index (κ3) is 5.73. The number of nitrogens with one attached hydrogen (secondary N) is 1. The molecule has 0 saturated heterocycles. The molecule has 3 nitrogen and oxygen atoms in total. The number of likely N-dealkylation sites (N-methyl/N-ethyl adjacent to an activating group) is 1. The molecular formula is C15H22ClNO2S. The highest BCUT2D eigenvalue weighted by Crippen LogP contribution is 2.19. The SMILES string of the molecule is CCNC(C)(CCCSCc1ccc(Cl)cc1)C(=O)O. The van der Waals surface area contributed by atoms with Gasteiger partial charge in [-0.3, -0.25) is 4.79 Å². The lowest BCUT2D eigenvalue weighted by atomic mass is 9.96. The van der Waals surface area contributed by atoms with Crippen LogP contribution >= 0.6 is 23.4 Å². The average molecular weight is 316 g/mol. The molecule has 0 saturated carbocycles. The Morgan fingerprint density at radius 3 is 2.60 bits per heavy atom. The number of hydrogen-bond donors (Lipinski definition) is 2. The largest absolute Gasteiger partial charge is 0.480 e. The summed E-state index contributed by atoms with van der Waals surface area (Å²) in [7, 11) is 0. The predicted molar refractivity (Wildman–Crippen MR) is 86.6 cm³/mol. The van der Waals surface area contributed by atoms with Crippen molar-refractivity contribution in [3.05, 3.63) is 34.9 Å². The van der Waals surface area contributed by atoms with Crippen LogP contribution in [-0.2, 0) is 10.5 Å². The van der Waals surface area contributed by atoms with Crippen molar-refractivity contribution < 1.29 is 9.90 Å². The Balaban J connectivity index is 2.27. The maximum atomic E-state index is 11.2. The summed E-state index contributed by atoms with van der Waals surface area (Å²) in [5, 5.41) is 13.0. The lowest BCUT2D eigenvalue weighted by molar-refractivity contribution is -0.144. The highest BCUT2D eigenvalue weighted by molar-refractivity contribution is 7.98. The minimum Gasteiger partial charge on any atom is -0.480 e. The summed E-state index contributed by atoms with van der Waals surface area (Å²) >= 11 is 7.65. The fourth-order valence-electron chi connectivity index (χ4n) is 1.96. The maximum absolute atomic E-state index is 11.2. The van der Waals surface area contributed by atoms with Crippen molar-refractivity contribution in [2.45, 2.75) is 38.0 Å². The highest BCUT2D eigenvalue weighted by atomic mass is 35.5. The van der Waals surface area contributed by atoms with Gasteiger partial charge in [-0.05, 0) is 49.8 Å². The lowest BCUT2D eigenvalue weighted by Crippen LogP contribution is -2.49. The van der Waals surface area contributed by atoms with E-state index in [1.165, 1.54) is 5.56 Å². The molecule has 0 aliphatic carbocycles. The predicted octanol–water partition coefficient (Wildman–Crippen LogP) is 3.81. The Bertz CT molecular complexity index is 424. The number of carbonyl (C=O) groups is 1. The average Bonchev–Trinajstić information content (AvgIpc) is 2.40. The molecule has 0 amide bonds. The van der Waals surface area contributed by atoms with E-state index >= 15 is 0 Å². The molecule has 2 N–H and O–H groups in total. The summed E-state index contributed by atoms with van der Waals surface area (Å²) < 4.78 is 0. The second-order valence-electron chi connectivity index (χ2n) is 4.95. The van der Waals surface area contributed by atoms with Gasteiger partial charge in [-0.2, -0.15) is 11.8 Å². The zero-order valence-corrected chi connectivity index (χ0v) is 13.6. The summed E-state index contributed by atoms with van der Waals surface area (Å²) in [6.45, 7) is 4.35. The lowest BCUT2D eigenvalue weighted by Gasteiger charge is -2.25. The summed E-state index contributed by atoms with van der Waals surface area (Å²) in [6.07, 6.45) is 1.53. The summed E-state index contributed by atoms with van der Waals surface area (Å²) in [5.41, 5.74) is 0.433. The molecule has 1 aromatic carbocycles. The van der Waals surface area contributed by atoms with Crippen LogP contribution < -0.4 is 5.32 Å². The Kier molecular flexibility index (Phi) is 7.41. The molecule has 1 unspecified atom stereocenters. The van der Waals surface area contributed by atoms with Crippen LogP contribution in [0.4, 0.5) is 0 Å². The van der Waals surface area contributed by atoms with E-state index in [1.54, 1.807) is 6.92 Å². The number of halogens is 1. The quantitative estimate of drug-likeness (QED) is 0.680. The van der Waals surface area contributed by atoms with Gasteiger partial charge >= 0.3 is 5.97 Å². The third-order valence-corrected chi connectivity index (χ3v) is 4.55. The zero-order chi connectivity index (χ0) is 15.0. The van der Waals surface area contributed by atoms with E-state index in [2.05, 4.69) is 5.32 Å². The van der Waals surface area contributed by atoms with Gasteiger partial charge in [0.15, 0.2) is 0 Å². The Hall–Kier alpha value is -0.710. The minimum absolute atomic E-state index is 0.643. The molecule has 1 rings (SSSR count). The molecule has 5 heteroatoms. The third-order valence-electron chi connectivity index (χ3n) is 3.19. The van der Waals surface area contributed by atoms with Gasteiger partial charge in [-0.25, -0.2) is 0 Å². The molecule has 0 heterocycles. The van der Waals surface area contributed by atoms with E-state index in [-0.39, 0.29) is 0 Å². The molecule has 112 valence electrons.